The quantitative estimate of drug-likeness (QED) is 0.251. The fourth-order valence-corrected chi connectivity index (χ4v) is 0.472. The first-order chi connectivity index (χ1) is 6.36. The molecule has 3 atom stereocenters. The van der Waals surface area contributed by atoms with E-state index >= 15 is 0 Å². The van der Waals surface area contributed by atoms with Crippen LogP contribution in [0, 0.1) is 0 Å². The second-order valence-electron chi connectivity index (χ2n) is 2.39. The highest BCUT2D eigenvalue weighted by Crippen LogP contribution is 1.97. The van der Waals surface area contributed by atoms with E-state index in [1.165, 1.54) is 0 Å². The zero-order chi connectivity index (χ0) is 11.7. The molecule has 14 heavy (non-hydrogen) atoms. The topological polar surface area (TPSA) is 170 Å². The Balaban J connectivity index is 0. The van der Waals surface area contributed by atoms with E-state index in [0.29, 0.717) is 0 Å². The number of carbonyl (C=O) groups excluding carboxylic acids is 1. The van der Waals surface area contributed by atoms with Crippen LogP contribution in [0.25, 0.3) is 0 Å². The molecule has 2 amide bonds. The van der Waals surface area contributed by atoms with E-state index < -0.39 is 37.6 Å². The van der Waals surface area contributed by atoms with Crippen LogP contribution in [-0.2, 0) is 0 Å². The molecule has 0 aliphatic rings. The van der Waals surface area contributed by atoms with Crippen LogP contribution in [0.1, 0.15) is 0 Å². The molecule has 0 fully saturated rings. The van der Waals surface area contributed by atoms with Crippen LogP contribution in [0.15, 0.2) is 0 Å². The van der Waals surface area contributed by atoms with Crippen molar-refractivity contribution in [3.63, 3.8) is 0 Å². The zero-order valence-corrected chi connectivity index (χ0v) is 7.45. The van der Waals surface area contributed by atoms with Gasteiger partial charge in [-0.2, -0.15) is 0 Å². The van der Waals surface area contributed by atoms with Crippen LogP contribution in [-0.4, -0.2) is 63.1 Å². The normalized spacial score (nSPS) is 16.1. The van der Waals surface area contributed by atoms with Gasteiger partial charge >= 0.3 is 6.03 Å². The average Bonchev–Trinajstić information content (AvgIpc) is 2.13. The maximum absolute atomic E-state index is 9.00. The number of amides is 2. The smallest absolute Gasteiger partial charge is 0.309 e. The van der Waals surface area contributed by atoms with Crippen LogP contribution >= 0.6 is 0 Å². The molecule has 8 heteroatoms. The Kier molecular flexibility index (Phi) is 9.61. The summed E-state index contributed by atoms with van der Waals surface area (Å²) in [6, 6.07) is -0.833. The summed E-state index contributed by atoms with van der Waals surface area (Å²) in [5.74, 6) is 0. The van der Waals surface area contributed by atoms with Crippen molar-refractivity contribution in [2.75, 3.05) is 13.2 Å². The predicted octanol–water partition coefficient (Wildman–Crippen LogP) is -3.92. The lowest BCUT2D eigenvalue weighted by molar-refractivity contribution is -0.0900. The standard InChI is InChI=1S/C5H12O5.CH4N2O/c6-1-3(8)5(10)4(9)2-7;2-1(3)4/h3-10H,1-2H2;(H4,2,3,4)/t3-,4+,5?;. The van der Waals surface area contributed by atoms with Crippen molar-refractivity contribution >= 4 is 6.03 Å². The molecular formula is C6H16N2O6. The van der Waals surface area contributed by atoms with E-state index in [2.05, 4.69) is 11.5 Å². The highest BCUT2D eigenvalue weighted by Gasteiger charge is 2.22. The Bertz CT molecular complexity index is 141. The second-order valence-corrected chi connectivity index (χ2v) is 2.39. The van der Waals surface area contributed by atoms with E-state index in [0.717, 1.165) is 0 Å². The van der Waals surface area contributed by atoms with Gasteiger partial charge in [-0.05, 0) is 0 Å². The summed E-state index contributed by atoms with van der Waals surface area (Å²) in [7, 11) is 0. The predicted molar refractivity (Wildman–Crippen MR) is 46.0 cm³/mol. The summed E-state index contributed by atoms with van der Waals surface area (Å²) in [5.41, 5.74) is 8.50. The minimum Gasteiger partial charge on any atom is -0.394 e. The number of carbonyl (C=O) groups is 1. The Morgan fingerprint density at radius 2 is 1.21 bits per heavy atom. The van der Waals surface area contributed by atoms with Crippen LogP contribution < -0.4 is 11.5 Å². The Hall–Kier alpha value is -0.930. The lowest BCUT2D eigenvalue weighted by Crippen LogP contribution is -2.41. The zero-order valence-electron chi connectivity index (χ0n) is 7.45. The minimum absolute atomic E-state index is 0.641. The first kappa shape index (κ1) is 15.5. The third-order valence-electron chi connectivity index (χ3n) is 1.16. The first-order valence-electron chi connectivity index (χ1n) is 3.67. The van der Waals surface area contributed by atoms with Gasteiger partial charge in [-0.1, -0.05) is 0 Å². The van der Waals surface area contributed by atoms with E-state index in [1.54, 1.807) is 0 Å². The fraction of sp³-hybridized carbons (Fsp3) is 0.833. The molecule has 8 nitrogen and oxygen atoms in total. The van der Waals surface area contributed by atoms with Crippen molar-refractivity contribution in [2.45, 2.75) is 18.3 Å². The molecule has 0 aromatic carbocycles. The molecule has 0 saturated carbocycles. The molecular weight excluding hydrogens is 196 g/mol. The molecule has 0 aliphatic carbocycles. The molecule has 86 valence electrons. The highest BCUT2D eigenvalue weighted by molar-refractivity contribution is 5.69. The summed E-state index contributed by atoms with van der Waals surface area (Å²) in [5, 5.41) is 42.6. The molecule has 0 rings (SSSR count). The Morgan fingerprint density at radius 1 is 1.00 bits per heavy atom. The number of rotatable bonds is 4. The number of aliphatic hydroxyl groups is 5. The van der Waals surface area contributed by atoms with Crippen LogP contribution in [0.3, 0.4) is 0 Å². The van der Waals surface area contributed by atoms with Crippen LogP contribution in [0.2, 0.25) is 0 Å². The van der Waals surface area contributed by atoms with Crippen molar-refractivity contribution in [1.82, 2.24) is 0 Å². The third kappa shape index (κ3) is 9.16. The van der Waals surface area contributed by atoms with Crippen LogP contribution in [0.4, 0.5) is 4.79 Å². The van der Waals surface area contributed by atoms with Crippen molar-refractivity contribution in [3.8, 4) is 0 Å². The van der Waals surface area contributed by atoms with Crippen molar-refractivity contribution < 1.29 is 30.3 Å². The van der Waals surface area contributed by atoms with Gasteiger partial charge in [-0.25, -0.2) is 4.79 Å². The molecule has 1 unspecified atom stereocenters. The second kappa shape index (κ2) is 8.66. The maximum atomic E-state index is 9.00. The monoisotopic (exact) mass is 212 g/mol. The maximum Gasteiger partial charge on any atom is 0.309 e. The number of urea groups is 1. The van der Waals surface area contributed by atoms with Gasteiger partial charge in [0, 0.05) is 0 Å². The van der Waals surface area contributed by atoms with Crippen molar-refractivity contribution in [3.05, 3.63) is 0 Å². The van der Waals surface area contributed by atoms with Gasteiger partial charge in [0.2, 0.25) is 0 Å². The van der Waals surface area contributed by atoms with Gasteiger partial charge in [-0.15, -0.1) is 0 Å². The molecule has 9 N–H and O–H groups in total. The highest BCUT2D eigenvalue weighted by atomic mass is 16.4. The summed E-state index contributed by atoms with van der Waals surface area (Å²) in [4.78, 5) is 9.00. The largest absolute Gasteiger partial charge is 0.394 e. The van der Waals surface area contributed by atoms with E-state index in [9.17, 15) is 0 Å². The van der Waals surface area contributed by atoms with Gasteiger partial charge in [-0.3, -0.25) is 0 Å². The minimum atomic E-state index is -1.49. The Morgan fingerprint density at radius 3 is 1.36 bits per heavy atom. The van der Waals surface area contributed by atoms with Gasteiger partial charge in [0.25, 0.3) is 0 Å². The summed E-state index contributed by atoms with van der Waals surface area (Å²) in [6.07, 6.45) is -4.29. The number of aliphatic hydroxyl groups excluding tert-OH is 5. The first-order valence-corrected chi connectivity index (χ1v) is 3.67. The molecule has 0 saturated heterocycles. The van der Waals surface area contributed by atoms with Gasteiger partial charge in [0.1, 0.15) is 18.3 Å². The fourth-order valence-electron chi connectivity index (χ4n) is 0.472. The number of hydrogen-bond donors (Lipinski definition) is 7. The molecule has 0 aromatic heterocycles. The van der Waals surface area contributed by atoms with Crippen molar-refractivity contribution in [1.29, 1.82) is 0 Å². The van der Waals surface area contributed by atoms with Crippen molar-refractivity contribution in [2.24, 2.45) is 11.5 Å². The van der Waals surface area contributed by atoms with E-state index in [1.807, 2.05) is 0 Å². The molecule has 0 spiro atoms. The summed E-state index contributed by atoms with van der Waals surface area (Å²) >= 11 is 0. The molecule has 0 radical (unpaired) electrons. The van der Waals surface area contributed by atoms with Crippen LogP contribution in [0.5, 0.6) is 0 Å². The van der Waals surface area contributed by atoms with Gasteiger partial charge in [0.15, 0.2) is 0 Å². The van der Waals surface area contributed by atoms with Gasteiger partial charge in [0.05, 0.1) is 13.2 Å². The third-order valence-corrected chi connectivity index (χ3v) is 1.16. The number of primary amides is 2. The average molecular weight is 212 g/mol. The van der Waals surface area contributed by atoms with E-state index in [-0.39, 0.29) is 0 Å². The Labute approximate surface area is 80.4 Å². The molecule has 0 aromatic rings. The molecule has 0 heterocycles. The summed E-state index contributed by atoms with van der Waals surface area (Å²) < 4.78 is 0. The lowest BCUT2D eigenvalue weighted by atomic mass is 10.1. The lowest BCUT2D eigenvalue weighted by Gasteiger charge is -2.19. The molecule has 0 aliphatic heterocycles. The summed E-state index contributed by atoms with van der Waals surface area (Å²) in [6.45, 7) is -1.28. The number of nitrogens with two attached hydrogens (primary N) is 2. The number of hydrogen-bond acceptors (Lipinski definition) is 6. The SMILES string of the molecule is NC(N)=O.OC[C@@H](O)C(O)[C@@H](O)CO. The van der Waals surface area contributed by atoms with Gasteiger partial charge < -0.3 is 37.0 Å². The molecule has 0 bridgehead atoms. The van der Waals surface area contributed by atoms with E-state index in [4.69, 9.17) is 30.3 Å².